The Labute approximate surface area is 142 Å². The predicted molar refractivity (Wildman–Crippen MR) is 86.6 cm³/mol. The van der Waals surface area contributed by atoms with Crippen molar-refractivity contribution in [2.75, 3.05) is 7.11 Å². The molecule has 0 saturated heterocycles. The zero-order valence-electron chi connectivity index (χ0n) is 13.5. The average Bonchev–Trinajstić information content (AvgIpc) is 2.93. The van der Waals surface area contributed by atoms with E-state index >= 15 is 0 Å². The first-order valence-corrected chi connectivity index (χ1v) is 7.32. The molecule has 1 aliphatic rings. The second kappa shape index (κ2) is 6.23. The lowest BCUT2D eigenvalue weighted by atomic mass is 9.97. The minimum Gasteiger partial charge on any atom is -0.492 e. The highest BCUT2D eigenvalue weighted by atomic mass is 16.6. The van der Waals surface area contributed by atoms with Gasteiger partial charge in [0.1, 0.15) is 18.1 Å². The number of aromatic nitrogens is 1. The lowest BCUT2D eigenvalue weighted by Gasteiger charge is -2.13. The summed E-state index contributed by atoms with van der Waals surface area (Å²) in [6.45, 7) is 0.0517. The topological polar surface area (TPSA) is 101 Å². The van der Waals surface area contributed by atoms with Crippen LogP contribution >= 0.6 is 0 Å². The maximum absolute atomic E-state index is 12.3. The Kier molecular flexibility index (Phi) is 4.10. The maximum atomic E-state index is 12.3. The Morgan fingerprint density at radius 1 is 1.20 bits per heavy atom. The van der Waals surface area contributed by atoms with Crippen molar-refractivity contribution < 1.29 is 24.0 Å². The van der Waals surface area contributed by atoms with Crippen LogP contribution in [0, 0.1) is 10.1 Å². The van der Waals surface area contributed by atoms with Gasteiger partial charge in [-0.2, -0.15) is 0 Å². The molecule has 0 unspecified atom stereocenters. The molecule has 0 atom stereocenters. The molecule has 0 spiro atoms. The number of non-ortho nitro benzene ring substituents is 1. The molecule has 8 nitrogen and oxygen atoms in total. The third kappa shape index (κ3) is 2.89. The predicted octanol–water partition coefficient (Wildman–Crippen LogP) is 2.42. The van der Waals surface area contributed by atoms with Crippen molar-refractivity contribution in [3.63, 3.8) is 0 Å². The Morgan fingerprint density at radius 3 is 2.48 bits per heavy atom. The van der Waals surface area contributed by atoms with Crippen LogP contribution in [0.5, 0.6) is 5.75 Å². The molecule has 2 aromatic rings. The number of methoxy groups -OCH3 is 1. The molecular weight excluding hydrogens is 328 g/mol. The zero-order chi connectivity index (χ0) is 18.1. The van der Waals surface area contributed by atoms with Gasteiger partial charge in [0.2, 0.25) is 5.78 Å². The number of carbonyl (C=O) groups is 2. The standard InChI is InChI=1S/C17H14N2O6/c1-18-8-10(9-25-12-5-3-11(4-6-12)19(22)23)15-13(20)7-14(24-2)17(21)16(15)18/h3-8H,9H2,1-2H3. The van der Waals surface area contributed by atoms with Crippen LogP contribution < -0.4 is 4.74 Å². The fraction of sp³-hybridized carbons (Fsp3) is 0.176. The molecule has 1 aromatic heterocycles. The minimum atomic E-state index is -0.499. The molecular formula is C17H14N2O6. The van der Waals surface area contributed by atoms with Gasteiger partial charge >= 0.3 is 0 Å². The number of nitrogens with zero attached hydrogens (tertiary/aromatic N) is 2. The first-order chi connectivity index (χ1) is 11.9. The summed E-state index contributed by atoms with van der Waals surface area (Å²) in [5.41, 5.74) is 1.06. The highest BCUT2D eigenvalue weighted by molar-refractivity contribution is 6.23. The quantitative estimate of drug-likeness (QED) is 0.611. The lowest BCUT2D eigenvalue weighted by Crippen LogP contribution is -2.20. The number of nitro benzene ring substituents is 1. The highest BCUT2D eigenvalue weighted by Gasteiger charge is 2.32. The van der Waals surface area contributed by atoms with Crippen molar-refractivity contribution in [1.29, 1.82) is 0 Å². The molecule has 0 fully saturated rings. The van der Waals surface area contributed by atoms with Gasteiger partial charge in [0.15, 0.2) is 11.5 Å². The molecule has 128 valence electrons. The zero-order valence-corrected chi connectivity index (χ0v) is 13.5. The van der Waals surface area contributed by atoms with E-state index in [1.165, 1.54) is 37.5 Å². The van der Waals surface area contributed by atoms with E-state index in [-0.39, 0.29) is 40.9 Å². The monoisotopic (exact) mass is 342 g/mol. The SMILES string of the molecule is COC1=CC(=O)c2c(COc3ccc([N+](=O)[O-])cc3)cn(C)c2C1=O. The van der Waals surface area contributed by atoms with E-state index in [4.69, 9.17) is 9.47 Å². The van der Waals surface area contributed by atoms with Crippen molar-refractivity contribution in [1.82, 2.24) is 4.57 Å². The Balaban J connectivity index is 1.84. The third-order valence-corrected chi connectivity index (χ3v) is 3.87. The van der Waals surface area contributed by atoms with Crippen LogP contribution in [-0.2, 0) is 18.4 Å². The number of ether oxygens (including phenoxy) is 2. The van der Waals surface area contributed by atoms with E-state index in [0.29, 0.717) is 11.3 Å². The van der Waals surface area contributed by atoms with Gasteiger partial charge in [0.25, 0.3) is 5.69 Å². The summed E-state index contributed by atoms with van der Waals surface area (Å²) in [6.07, 6.45) is 2.82. The van der Waals surface area contributed by atoms with Crippen LogP contribution in [0.1, 0.15) is 26.4 Å². The Bertz CT molecular complexity index is 908. The van der Waals surface area contributed by atoms with Crippen molar-refractivity contribution in [3.05, 3.63) is 69.2 Å². The largest absolute Gasteiger partial charge is 0.492 e. The summed E-state index contributed by atoms with van der Waals surface area (Å²) in [7, 11) is 3.00. The van der Waals surface area contributed by atoms with E-state index in [0.717, 1.165) is 0 Å². The van der Waals surface area contributed by atoms with Crippen LogP contribution in [0.4, 0.5) is 5.69 Å². The molecule has 0 N–H and O–H groups in total. The van der Waals surface area contributed by atoms with E-state index in [1.54, 1.807) is 17.8 Å². The van der Waals surface area contributed by atoms with Crippen LogP contribution in [0.25, 0.3) is 0 Å². The second-order valence-corrected chi connectivity index (χ2v) is 5.43. The number of allylic oxidation sites excluding steroid dienone is 2. The summed E-state index contributed by atoms with van der Waals surface area (Å²) in [4.78, 5) is 34.8. The molecule has 1 aromatic carbocycles. The van der Waals surface area contributed by atoms with Gasteiger partial charge in [-0.3, -0.25) is 19.7 Å². The Morgan fingerprint density at radius 2 is 1.88 bits per heavy atom. The molecule has 25 heavy (non-hydrogen) atoms. The summed E-state index contributed by atoms with van der Waals surface area (Å²) in [6, 6.07) is 5.61. The van der Waals surface area contributed by atoms with Crippen LogP contribution in [0.3, 0.4) is 0 Å². The molecule has 1 heterocycles. The molecule has 1 aliphatic carbocycles. The first-order valence-electron chi connectivity index (χ1n) is 7.32. The van der Waals surface area contributed by atoms with Gasteiger partial charge in [0.05, 0.1) is 17.6 Å². The summed E-state index contributed by atoms with van der Waals surface area (Å²) < 4.78 is 12.1. The number of benzene rings is 1. The van der Waals surface area contributed by atoms with E-state index in [1.807, 2.05) is 0 Å². The summed E-state index contributed by atoms with van der Waals surface area (Å²) in [5, 5.41) is 10.6. The molecule has 0 radical (unpaired) electrons. The van der Waals surface area contributed by atoms with Crippen molar-refractivity contribution in [3.8, 4) is 5.75 Å². The van der Waals surface area contributed by atoms with Gasteiger partial charge in [-0.05, 0) is 12.1 Å². The van der Waals surface area contributed by atoms with Crippen LogP contribution in [0.2, 0.25) is 0 Å². The fourth-order valence-electron chi connectivity index (χ4n) is 2.70. The molecule has 8 heteroatoms. The van der Waals surface area contributed by atoms with Crippen LogP contribution in [-0.4, -0.2) is 28.2 Å². The average molecular weight is 342 g/mol. The lowest BCUT2D eigenvalue weighted by molar-refractivity contribution is -0.384. The van der Waals surface area contributed by atoms with E-state index < -0.39 is 4.92 Å². The van der Waals surface area contributed by atoms with Crippen LogP contribution in [0.15, 0.2) is 42.3 Å². The number of nitro groups is 1. The normalized spacial score (nSPS) is 13.3. The number of Topliss-reactive ketones (excluding diaryl/α,β-unsaturated/α-hetero) is 1. The molecule has 0 aliphatic heterocycles. The van der Waals surface area contributed by atoms with Gasteiger partial charge in [0, 0.05) is 37.0 Å². The summed E-state index contributed by atoms with van der Waals surface area (Å²) in [5.74, 6) is -0.261. The van der Waals surface area contributed by atoms with Gasteiger partial charge in [-0.1, -0.05) is 0 Å². The molecule has 0 bridgehead atoms. The van der Waals surface area contributed by atoms with Gasteiger partial charge in [-0.25, -0.2) is 0 Å². The van der Waals surface area contributed by atoms with Crippen molar-refractivity contribution in [2.24, 2.45) is 7.05 Å². The Hall–Kier alpha value is -3.42. The highest BCUT2D eigenvalue weighted by Crippen LogP contribution is 2.27. The van der Waals surface area contributed by atoms with Gasteiger partial charge in [-0.15, -0.1) is 0 Å². The summed E-state index contributed by atoms with van der Waals surface area (Å²) >= 11 is 0. The molecule has 0 amide bonds. The number of carbonyl (C=O) groups excluding carboxylic acids is 2. The number of rotatable bonds is 5. The number of fused-ring (bicyclic) bond motifs is 1. The number of hydrogen-bond donors (Lipinski definition) is 0. The third-order valence-electron chi connectivity index (χ3n) is 3.87. The molecule has 0 saturated carbocycles. The maximum Gasteiger partial charge on any atom is 0.269 e. The first kappa shape index (κ1) is 16.4. The second-order valence-electron chi connectivity index (χ2n) is 5.43. The number of hydrogen-bond acceptors (Lipinski definition) is 6. The van der Waals surface area contributed by atoms with E-state index in [2.05, 4.69) is 0 Å². The van der Waals surface area contributed by atoms with Crippen molar-refractivity contribution in [2.45, 2.75) is 6.61 Å². The minimum absolute atomic E-state index is 0.00142. The number of ketones is 2. The smallest absolute Gasteiger partial charge is 0.269 e. The van der Waals surface area contributed by atoms with Gasteiger partial charge < -0.3 is 14.0 Å². The van der Waals surface area contributed by atoms with Crippen molar-refractivity contribution >= 4 is 17.3 Å². The molecule has 3 rings (SSSR count). The van der Waals surface area contributed by atoms with E-state index in [9.17, 15) is 19.7 Å². The number of aryl methyl sites for hydroxylation is 1. The fourth-order valence-corrected chi connectivity index (χ4v) is 2.70.